The van der Waals surface area contributed by atoms with Crippen LogP contribution in [0, 0.1) is 11.8 Å². The van der Waals surface area contributed by atoms with Crippen LogP contribution in [0.2, 0.25) is 0 Å². The Hall–Kier alpha value is -3.35. The number of hydrogen-bond acceptors (Lipinski definition) is 5. The largest absolute Gasteiger partial charge is 0.497 e. The maximum Gasteiger partial charge on any atom is 0.260 e. The topological polar surface area (TPSA) is 76.2 Å². The predicted molar refractivity (Wildman–Crippen MR) is 137 cm³/mol. The zero-order valence-corrected chi connectivity index (χ0v) is 21.4. The minimum atomic E-state index is -0.0455. The molecule has 1 aliphatic carbocycles. The number of methoxy groups -OCH3 is 1. The van der Waals surface area contributed by atoms with Crippen molar-refractivity contribution in [1.29, 1.82) is 0 Å². The summed E-state index contributed by atoms with van der Waals surface area (Å²) in [5.74, 6) is 2.07. The lowest BCUT2D eigenvalue weighted by Gasteiger charge is -2.40. The molecule has 1 heterocycles. The van der Waals surface area contributed by atoms with Crippen LogP contribution in [0.3, 0.4) is 0 Å². The molecule has 1 atom stereocenters. The van der Waals surface area contributed by atoms with Crippen LogP contribution in [0.4, 0.5) is 0 Å². The van der Waals surface area contributed by atoms with E-state index in [1.54, 1.807) is 31.4 Å². The number of benzene rings is 2. The van der Waals surface area contributed by atoms with Crippen molar-refractivity contribution in [2.45, 2.75) is 45.1 Å². The Labute approximate surface area is 213 Å². The first-order chi connectivity index (χ1) is 17.4. The first-order valence-electron chi connectivity index (χ1n) is 12.8. The van der Waals surface area contributed by atoms with Crippen LogP contribution in [0.15, 0.2) is 48.5 Å². The average Bonchev–Trinajstić information content (AvgIpc) is 3.76. The van der Waals surface area contributed by atoms with Crippen molar-refractivity contribution in [3.05, 3.63) is 59.7 Å². The molecule has 1 saturated carbocycles. The van der Waals surface area contributed by atoms with Crippen molar-refractivity contribution in [3.8, 4) is 11.5 Å². The Morgan fingerprint density at radius 1 is 1.00 bits per heavy atom. The van der Waals surface area contributed by atoms with Crippen molar-refractivity contribution in [2.75, 3.05) is 33.9 Å². The molecule has 7 heteroatoms. The van der Waals surface area contributed by atoms with Gasteiger partial charge >= 0.3 is 0 Å². The van der Waals surface area contributed by atoms with E-state index in [4.69, 9.17) is 9.47 Å². The molecule has 0 unspecified atom stereocenters. The van der Waals surface area contributed by atoms with Crippen LogP contribution in [0.1, 0.15) is 48.5 Å². The molecule has 192 valence electrons. The van der Waals surface area contributed by atoms with Crippen molar-refractivity contribution >= 4 is 17.6 Å². The second-order valence-electron chi connectivity index (χ2n) is 9.93. The summed E-state index contributed by atoms with van der Waals surface area (Å²) in [6.07, 6.45) is 4.43. The maximum atomic E-state index is 13.0. The number of ketones is 1. The van der Waals surface area contributed by atoms with E-state index in [0.29, 0.717) is 30.3 Å². The van der Waals surface area contributed by atoms with E-state index in [1.165, 1.54) is 6.92 Å². The lowest BCUT2D eigenvalue weighted by Crippen LogP contribution is -2.49. The third-order valence-corrected chi connectivity index (χ3v) is 7.41. The smallest absolute Gasteiger partial charge is 0.260 e. The van der Waals surface area contributed by atoms with Gasteiger partial charge in [-0.25, -0.2) is 0 Å². The normalized spacial score (nSPS) is 16.8. The van der Waals surface area contributed by atoms with Gasteiger partial charge in [0.1, 0.15) is 11.5 Å². The highest BCUT2D eigenvalue weighted by Gasteiger charge is 2.38. The van der Waals surface area contributed by atoms with Gasteiger partial charge in [-0.15, -0.1) is 0 Å². The number of amides is 2. The van der Waals surface area contributed by atoms with Crippen molar-refractivity contribution < 1.29 is 23.9 Å². The Morgan fingerprint density at radius 3 is 2.31 bits per heavy atom. The molecule has 7 nitrogen and oxygen atoms in total. The summed E-state index contributed by atoms with van der Waals surface area (Å²) in [5, 5.41) is 0. The standard InChI is InChI=1S/C29H36N2O5/c1-20(32)22-9-11-25(12-10-22)36-19-28(33)31-15-13-23(14-16-31)27(30(2)29(34)24-7-8-24)18-21-5-4-6-26(17-21)35-3/h4-6,9-12,17,23-24,27H,7-8,13-16,18-19H2,1-3H3/t27-/m1/s1. The molecule has 2 amide bonds. The molecule has 2 aliphatic rings. The molecule has 2 aromatic carbocycles. The van der Waals surface area contributed by atoms with Crippen LogP contribution in [0.25, 0.3) is 0 Å². The quantitative estimate of drug-likeness (QED) is 0.469. The fourth-order valence-electron chi connectivity index (χ4n) is 5.00. The number of Topliss-reactive ketones (excluding diaryl/α,β-unsaturated/α-hetero) is 1. The van der Waals surface area contributed by atoms with Crippen LogP contribution in [-0.4, -0.2) is 67.3 Å². The molecule has 1 aliphatic heterocycles. The van der Waals surface area contributed by atoms with E-state index < -0.39 is 0 Å². The van der Waals surface area contributed by atoms with Gasteiger partial charge in [-0.3, -0.25) is 14.4 Å². The molecule has 0 radical (unpaired) electrons. The van der Waals surface area contributed by atoms with Crippen LogP contribution < -0.4 is 9.47 Å². The monoisotopic (exact) mass is 492 g/mol. The zero-order valence-electron chi connectivity index (χ0n) is 21.4. The number of likely N-dealkylation sites (tertiary alicyclic amines) is 1. The lowest BCUT2D eigenvalue weighted by molar-refractivity contribution is -0.138. The predicted octanol–water partition coefficient (Wildman–Crippen LogP) is 3.99. The summed E-state index contributed by atoms with van der Waals surface area (Å²) in [4.78, 5) is 41.0. The molecular formula is C29H36N2O5. The second-order valence-corrected chi connectivity index (χ2v) is 9.93. The number of piperidine rings is 1. The van der Waals surface area contributed by atoms with Gasteiger partial charge in [-0.2, -0.15) is 0 Å². The van der Waals surface area contributed by atoms with E-state index in [0.717, 1.165) is 43.4 Å². The fraction of sp³-hybridized carbons (Fsp3) is 0.483. The Morgan fingerprint density at radius 2 is 1.69 bits per heavy atom. The molecular weight excluding hydrogens is 456 g/mol. The maximum absolute atomic E-state index is 13.0. The lowest BCUT2D eigenvalue weighted by atomic mass is 9.84. The average molecular weight is 493 g/mol. The molecule has 0 N–H and O–H groups in total. The van der Waals surface area contributed by atoms with Gasteiger partial charge in [0.15, 0.2) is 12.4 Å². The summed E-state index contributed by atoms with van der Waals surface area (Å²) in [6, 6.07) is 15.0. The summed E-state index contributed by atoms with van der Waals surface area (Å²) in [5.41, 5.74) is 1.77. The van der Waals surface area contributed by atoms with Gasteiger partial charge in [0.05, 0.1) is 7.11 Å². The minimum absolute atomic E-state index is 0.00493. The second kappa shape index (κ2) is 11.6. The van der Waals surface area contributed by atoms with E-state index in [9.17, 15) is 14.4 Å². The molecule has 2 fully saturated rings. The number of ether oxygens (including phenoxy) is 2. The molecule has 4 rings (SSSR count). The highest BCUT2D eigenvalue weighted by atomic mass is 16.5. The fourth-order valence-corrected chi connectivity index (χ4v) is 5.00. The Bertz CT molecular complexity index is 1070. The first-order valence-corrected chi connectivity index (χ1v) is 12.8. The molecule has 0 spiro atoms. The van der Waals surface area contributed by atoms with Crippen LogP contribution in [-0.2, 0) is 16.0 Å². The molecule has 0 bridgehead atoms. The number of carbonyl (C=O) groups excluding carboxylic acids is 3. The molecule has 2 aromatic rings. The van der Waals surface area contributed by atoms with Crippen LogP contribution >= 0.6 is 0 Å². The van der Waals surface area contributed by atoms with E-state index in [1.807, 2.05) is 35.0 Å². The van der Waals surface area contributed by atoms with Gasteiger partial charge in [0.25, 0.3) is 5.91 Å². The van der Waals surface area contributed by atoms with Crippen molar-refractivity contribution in [2.24, 2.45) is 11.8 Å². The molecule has 0 aromatic heterocycles. The number of likely N-dealkylation sites (N-methyl/N-ethyl adjacent to an activating group) is 1. The van der Waals surface area contributed by atoms with Gasteiger partial charge in [-0.1, -0.05) is 12.1 Å². The number of nitrogens with zero attached hydrogens (tertiary/aromatic N) is 2. The molecule has 36 heavy (non-hydrogen) atoms. The molecule has 1 saturated heterocycles. The van der Waals surface area contributed by atoms with Gasteiger partial charge in [-0.05, 0) is 86.9 Å². The van der Waals surface area contributed by atoms with Crippen molar-refractivity contribution in [3.63, 3.8) is 0 Å². The number of carbonyl (C=O) groups is 3. The van der Waals surface area contributed by atoms with Gasteiger partial charge < -0.3 is 19.3 Å². The van der Waals surface area contributed by atoms with Gasteiger partial charge in [0, 0.05) is 37.7 Å². The Kier molecular flexibility index (Phi) is 8.28. The third-order valence-electron chi connectivity index (χ3n) is 7.41. The zero-order chi connectivity index (χ0) is 25.7. The SMILES string of the molecule is COc1cccc(C[C@H](C2CCN(C(=O)COc3ccc(C(C)=O)cc3)CC2)N(C)C(=O)C2CC2)c1. The Balaban J connectivity index is 1.35. The van der Waals surface area contributed by atoms with E-state index >= 15 is 0 Å². The van der Waals surface area contributed by atoms with Crippen molar-refractivity contribution in [1.82, 2.24) is 9.80 Å². The highest BCUT2D eigenvalue weighted by Crippen LogP contribution is 2.34. The van der Waals surface area contributed by atoms with E-state index in [-0.39, 0.29) is 36.2 Å². The summed E-state index contributed by atoms with van der Waals surface area (Å²) >= 11 is 0. The summed E-state index contributed by atoms with van der Waals surface area (Å²) in [6.45, 7) is 2.79. The first kappa shape index (κ1) is 25.7. The summed E-state index contributed by atoms with van der Waals surface area (Å²) < 4.78 is 11.1. The third kappa shape index (κ3) is 6.45. The van der Waals surface area contributed by atoms with Crippen LogP contribution in [0.5, 0.6) is 11.5 Å². The minimum Gasteiger partial charge on any atom is -0.497 e. The van der Waals surface area contributed by atoms with E-state index in [2.05, 4.69) is 6.07 Å². The summed E-state index contributed by atoms with van der Waals surface area (Å²) in [7, 11) is 3.60. The number of rotatable bonds is 10. The highest BCUT2D eigenvalue weighted by molar-refractivity contribution is 5.94. The number of hydrogen-bond donors (Lipinski definition) is 0. The van der Waals surface area contributed by atoms with Gasteiger partial charge in [0.2, 0.25) is 5.91 Å².